The molecule has 1 atom stereocenters. The predicted molar refractivity (Wildman–Crippen MR) is 99.1 cm³/mol. The van der Waals surface area contributed by atoms with Gasteiger partial charge >= 0.3 is 5.76 Å². The van der Waals surface area contributed by atoms with Gasteiger partial charge in [0.2, 0.25) is 5.91 Å². The number of benzene rings is 1. The third kappa shape index (κ3) is 3.16. The Labute approximate surface area is 151 Å². The number of rotatable bonds is 5. The lowest BCUT2D eigenvalue weighted by Crippen LogP contribution is -2.31. The third-order valence-electron chi connectivity index (χ3n) is 4.95. The van der Waals surface area contributed by atoms with Crippen molar-refractivity contribution in [2.45, 2.75) is 46.7 Å². The zero-order valence-electron chi connectivity index (χ0n) is 15.8. The van der Waals surface area contributed by atoms with Crippen molar-refractivity contribution in [3.63, 3.8) is 0 Å². The number of H-pyrrole nitrogens is 1. The topological polar surface area (TPSA) is 84.1 Å². The lowest BCUT2D eigenvalue weighted by molar-refractivity contribution is -0.132. The molecule has 3 rings (SSSR count). The van der Waals surface area contributed by atoms with Gasteiger partial charge in [-0.3, -0.25) is 14.5 Å². The number of hydrogen-bond acceptors (Lipinski definition) is 4. The first kappa shape index (κ1) is 18.0. The summed E-state index contributed by atoms with van der Waals surface area (Å²) in [7, 11) is 1.78. The molecule has 0 saturated heterocycles. The van der Waals surface area contributed by atoms with Crippen LogP contribution < -0.4 is 5.76 Å². The summed E-state index contributed by atoms with van der Waals surface area (Å²) in [6.45, 7) is 8.09. The maximum atomic E-state index is 12.7. The highest BCUT2D eigenvalue weighted by molar-refractivity contribution is 5.77. The monoisotopic (exact) mass is 356 g/mol. The van der Waals surface area contributed by atoms with E-state index in [1.165, 1.54) is 4.57 Å². The number of aromatic nitrogens is 3. The SMILES string of the molecule is Cc1ccc2oc(=O)n(CCC(=O)N(C)[C@@H](C)c3c(C)n[nH]c3C)c2c1. The van der Waals surface area contributed by atoms with Gasteiger partial charge < -0.3 is 9.32 Å². The van der Waals surface area contributed by atoms with E-state index in [9.17, 15) is 9.59 Å². The van der Waals surface area contributed by atoms with E-state index >= 15 is 0 Å². The Balaban J connectivity index is 1.76. The van der Waals surface area contributed by atoms with Gasteiger partial charge in [-0.25, -0.2) is 4.79 Å². The molecule has 2 heterocycles. The van der Waals surface area contributed by atoms with Crippen LogP contribution >= 0.6 is 0 Å². The van der Waals surface area contributed by atoms with Crippen LogP contribution in [0.15, 0.2) is 27.4 Å². The number of nitrogens with one attached hydrogen (secondary N) is 1. The maximum Gasteiger partial charge on any atom is 0.419 e. The minimum absolute atomic E-state index is 0.0357. The second-order valence-electron chi connectivity index (χ2n) is 6.77. The number of oxazole rings is 1. The molecule has 1 amide bonds. The number of aromatic amines is 1. The first-order valence-electron chi connectivity index (χ1n) is 8.66. The Morgan fingerprint density at radius 1 is 1.35 bits per heavy atom. The van der Waals surface area contributed by atoms with Crippen molar-refractivity contribution in [3.8, 4) is 0 Å². The molecule has 0 spiro atoms. The fourth-order valence-electron chi connectivity index (χ4n) is 3.35. The summed E-state index contributed by atoms with van der Waals surface area (Å²) < 4.78 is 6.78. The molecule has 0 aliphatic heterocycles. The quantitative estimate of drug-likeness (QED) is 0.762. The van der Waals surface area contributed by atoms with Crippen molar-refractivity contribution >= 4 is 17.0 Å². The Morgan fingerprint density at radius 3 is 2.73 bits per heavy atom. The molecule has 0 aliphatic rings. The summed E-state index contributed by atoms with van der Waals surface area (Å²) in [5.74, 6) is -0.470. The second kappa shape index (κ2) is 6.82. The molecule has 0 saturated carbocycles. The third-order valence-corrected chi connectivity index (χ3v) is 4.95. The van der Waals surface area contributed by atoms with Crippen molar-refractivity contribution in [1.29, 1.82) is 0 Å². The molecule has 138 valence electrons. The van der Waals surface area contributed by atoms with Gasteiger partial charge in [0.15, 0.2) is 5.58 Å². The zero-order chi connectivity index (χ0) is 19.0. The molecule has 0 radical (unpaired) electrons. The van der Waals surface area contributed by atoms with Crippen LogP contribution in [0.4, 0.5) is 0 Å². The summed E-state index contributed by atoms with van der Waals surface area (Å²) in [5, 5.41) is 7.15. The summed E-state index contributed by atoms with van der Waals surface area (Å²) >= 11 is 0. The maximum absolute atomic E-state index is 12.7. The van der Waals surface area contributed by atoms with Gasteiger partial charge in [0.1, 0.15) is 0 Å². The van der Waals surface area contributed by atoms with E-state index in [1.54, 1.807) is 18.0 Å². The van der Waals surface area contributed by atoms with Crippen LogP contribution in [0.25, 0.3) is 11.1 Å². The average Bonchev–Trinajstić information content (AvgIpc) is 3.09. The lowest BCUT2D eigenvalue weighted by Gasteiger charge is -2.25. The second-order valence-corrected chi connectivity index (χ2v) is 6.77. The fraction of sp³-hybridized carbons (Fsp3) is 0.421. The number of carbonyl (C=O) groups excluding carboxylic acids is 1. The average molecular weight is 356 g/mol. The van der Waals surface area contributed by atoms with Gasteiger partial charge in [-0.2, -0.15) is 5.10 Å². The van der Waals surface area contributed by atoms with Gasteiger partial charge in [0.25, 0.3) is 0 Å². The van der Waals surface area contributed by atoms with Crippen LogP contribution in [-0.2, 0) is 11.3 Å². The van der Waals surface area contributed by atoms with E-state index in [0.29, 0.717) is 5.58 Å². The first-order chi connectivity index (χ1) is 12.3. The molecule has 0 bridgehead atoms. The molecule has 7 heteroatoms. The summed E-state index contributed by atoms with van der Waals surface area (Å²) in [6, 6.07) is 5.48. The molecule has 0 fully saturated rings. The molecule has 0 unspecified atom stereocenters. The largest absolute Gasteiger partial charge is 0.419 e. The number of fused-ring (bicyclic) bond motifs is 1. The van der Waals surface area contributed by atoms with E-state index in [-0.39, 0.29) is 24.9 Å². The highest BCUT2D eigenvalue weighted by Crippen LogP contribution is 2.24. The molecule has 0 aliphatic carbocycles. The van der Waals surface area contributed by atoms with Crippen LogP contribution in [-0.4, -0.2) is 32.6 Å². The normalized spacial score (nSPS) is 12.5. The first-order valence-corrected chi connectivity index (χ1v) is 8.66. The number of amides is 1. The predicted octanol–water partition coefficient (Wildman–Crippen LogP) is 2.85. The molecule has 2 aromatic heterocycles. The van der Waals surface area contributed by atoms with Gasteiger partial charge in [0.05, 0.1) is 17.3 Å². The Morgan fingerprint density at radius 2 is 2.08 bits per heavy atom. The van der Waals surface area contributed by atoms with Crippen LogP contribution in [0.1, 0.15) is 41.9 Å². The molecule has 1 aromatic carbocycles. The molecular weight excluding hydrogens is 332 g/mol. The zero-order valence-corrected chi connectivity index (χ0v) is 15.8. The van der Waals surface area contributed by atoms with Crippen LogP contribution in [0.2, 0.25) is 0 Å². The van der Waals surface area contributed by atoms with E-state index in [4.69, 9.17) is 4.42 Å². The minimum atomic E-state index is -0.435. The van der Waals surface area contributed by atoms with E-state index in [0.717, 1.165) is 28.0 Å². The summed E-state index contributed by atoms with van der Waals surface area (Å²) in [5.41, 5.74) is 5.18. The molecule has 1 N–H and O–H groups in total. The molecular formula is C19H24N4O3. The number of hydrogen-bond donors (Lipinski definition) is 1. The highest BCUT2D eigenvalue weighted by Gasteiger charge is 2.22. The van der Waals surface area contributed by atoms with Gasteiger partial charge in [0, 0.05) is 31.3 Å². The van der Waals surface area contributed by atoms with Crippen molar-refractivity contribution in [2.24, 2.45) is 0 Å². The number of aryl methyl sites for hydroxylation is 4. The molecule has 7 nitrogen and oxygen atoms in total. The smallest absolute Gasteiger partial charge is 0.408 e. The standard InChI is InChI=1S/C19H24N4O3/c1-11-6-7-16-15(10-11)23(19(25)26-16)9-8-17(24)22(5)14(4)18-12(2)20-21-13(18)3/h6-7,10,14H,8-9H2,1-5H3,(H,20,21)/t14-/m0/s1. The highest BCUT2D eigenvalue weighted by atomic mass is 16.4. The Hall–Kier alpha value is -2.83. The van der Waals surface area contributed by atoms with Crippen molar-refractivity contribution in [2.75, 3.05) is 7.05 Å². The molecule has 26 heavy (non-hydrogen) atoms. The van der Waals surface area contributed by atoms with Crippen molar-refractivity contribution < 1.29 is 9.21 Å². The summed E-state index contributed by atoms with van der Waals surface area (Å²) in [6.07, 6.45) is 0.221. The van der Waals surface area contributed by atoms with Gasteiger partial charge in [-0.05, 0) is 45.4 Å². The van der Waals surface area contributed by atoms with Gasteiger partial charge in [-0.1, -0.05) is 6.07 Å². The molecule has 3 aromatic rings. The van der Waals surface area contributed by atoms with E-state index in [1.807, 2.05) is 39.8 Å². The number of carbonyl (C=O) groups is 1. The van der Waals surface area contributed by atoms with Crippen LogP contribution in [0.3, 0.4) is 0 Å². The van der Waals surface area contributed by atoms with Gasteiger partial charge in [-0.15, -0.1) is 0 Å². The lowest BCUT2D eigenvalue weighted by atomic mass is 10.1. The Kier molecular flexibility index (Phi) is 4.71. The van der Waals surface area contributed by atoms with E-state index in [2.05, 4.69) is 10.2 Å². The Bertz CT molecular complexity index is 992. The van der Waals surface area contributed by atoms with E-state index < -0.39 is 5.76 Å². The number of nitrogens with zero attached hydrogens (tertiary/aromatic N) is 3. The van der Waals surface area contributed by atoms with Crippen LogP contribution in [0, 0.1) is 20.8 Å². The van der Waals surface area contributed by atoms with Crippen LogP contribution in [0.5, 0.6) is 0 Å². The van der Waals surface area contributed by atoms with Crippen molar-refractivity contribution in [1.82, 2.24) is 19.7 Å². The minimum Gasteiger partial charge on any atom is -0.408 e. The summed E-state index contributed by atoms with van der Waals surface area (Å²) in [4.78, 5) is 26.5. The van der Waals surface area contributed by atoms with Crippen molar-refractivity contribution in [3.05, 3.63) is 51.3 Å². The fourth-order valence-corrected chi connectivity index (χ4v) is 3.35.